The highest BCUT2D eigenvalue weighted by atomic mass is 35.5. The minimum absolute atomic E-state index is 0.313. The van der Waals surface area contributed by atoms with E-state index in [1.165, 1.54) is 0 Å². The van der Waals surface area contributed by atoms with Crippen molar-refractivity contribution in [2.24, 2.45) is 0 Å². The SMILES string of the molecule is CCN(CC)C(CC)(CC)C(=O)Cc1ccc(Cl)cc1. The summed E-state index contributed by atoms with van der Waals surface area (Å²) in [6, 6.07) is 7.58. The van der Waals surface area contributed by atoms with Crippen molar-refractivity contribution in [3.63, 3.8) is 0 Å². The smallest absolute Gasteiger partial charge is 0.157 e. The molecule has 3 heteroatoms. The standard InChI is InChI=1S/C17H26ClNO/c1-5-17(6-2,19(7-3)8-4)16(20)13-14-9-11-15(18)12-10-14/h9-12H,5-8,13H2,1-4H3. The number of likely N-dealkylation sites (N-methyl/N-ethyl adjacent to an activating group) is 1. The Labute approximate surface area is 128 Å². The quantitative estimate of drug-likeness (QED) is 0.710. The van der Waals surface area contributed by atoms with Crippen LogP contribution in [0.1, 0.15) is 46.1 Å². The molecule has 2 nitrogen and oxygen atoms in total. The molecular weight excluding hydrogens is 270 g/mol. The van der Waals surface area contributed by atoms with Crippen molar-refractivity contribution in [3.05, 3.63) is 34.9 Å². The van der Waals surface area contributed by atoms with Gasteiger partial charge in [-0.3, -0.25) is 9.69 Å². The van der Waals surface area contributed by atoms with Crippen LogP contribution in [0.25, 0.3) is 0 Å². The van der Waals surface area contributed by atoms with E-state index in [9.17, 15) is 4.79 Å². The highest BCUT2D eigenvalue weighted by molar-refractivity contribution is 6.30. The number of ketones is 1. The average molecular weight is 296 g/mol. The van der Waals surface area contributed by atoms with Gasteiger partial charge in [0, 0.05) is 11.4 Å². The molecule has 0 bridgehead atoms. The number of Topliss-reactive ketones (excluding diaryl/α,β-unsaturated/α-hetero) is 1. The zero-order valence-electron chi connectivity index (χ0n) is 13.1. The summed E-state index contributed by atoms with van der Waals surface area (Å²) in [7, 11) is 0. The number of carbonyl (C=O) groups is 1. The number of benzene rings is 1. The molecule has 20 heavy (non-hydrogen) atoms. The zero-order chi connectivity index (χ0) is 15.2. The molecule has 0 aromatic heterocycles. The van der Waals surface area contributed by atoms with Crippen LogP contribution in [0.15, 0.2) is 24.3 Å². The third kappa shape index (κ3) is 3.62. The molecule has 0 aliphatic heterocycles. The van der Waals surface area contributed by atoms with Crippen molar-refractivity contribution in [3.8, 4) is 0 Å². The van der Waals surface area contributed by atoms with Crippen LogP contribution in [0.3, 0.4) is 0 Å². The molecule has 0 aliphatic rings. The monoisotopic (exact) mass is 295 g/mol. The van der Waals surface area contributed by atoms with Gasteiger partial charge in [-0.05, 0) is 43.6 Å². The summed E-state index contributed by atoms with van der Waals surface area (Å²) in [6.07, 6.45) is 2.20. The summed E-state index contributed by atoms with van der Waals surface area (Å²) in [6.45, 7) is 10.3. The number of hydrogen-bond acceptors (Lipinski definition) is 2. The van der Waals surface area contributed by atoms with E-state index >= 15 is 0 Å². The average Bonchev–Trinajstić information content (AvgIpc) is 2.47. The highest BCUT2D eigenvalue weighted by Gasteiger charge is 2.38. The van der Waals surface area contributed by atoms with Crippen LogP contribution in [0.4, 0.5) is 0 Å². The van der Waals surface area contributed by atoms with Crippen molar-refractivity contribution in [2.45, 2.75) is 52.5 Å². The molecule has 1 aromatic carbocycles. The zero-order valence-corrected chi connectivity index (χ0v) is 13.8. The summed E-state index contributed by atoms with van der Waals surface area (Å²) < 4.78 is 0. The van der Waals surface area contributed by atoms with Gasteiger partial charge in [-0.25, -0.2) is 0 Å². The van der Waals surface area contributed by atoms with Crippen LogP contribution in [0.5, 0.6) is 0 Å². The molecule has 1 aromatic rings. The molecule has 0 spiro atoms. The summed E-state index contributed by atoms with van der Waals surface area (Å²) >= 11 is 5.89. The van der Waals surface area contributed by atoms with Gasteiger partial charge in [0.2, 0.25) is 0 Å². The molecule has 0 saturated heterocycles. The molecule has 112 valence electrons. The first-order valence-corrected chi connectivity index (χ1v) is 7.94. The number of hydrogen-bond donors (Lipinski definition) is 0. The van der Waals surface area contributed by atoms with Crippen LogP contribution in [0, 0.1) is 0 Å². The summed E-state index contributed by atoms with van der Waals surface area (Å²) in [4.78, 5) is 15.2. The topological polar surface area (TPSA) is 20.3 Å². The Kier molecular flexibility index (Phi) is 6.70. The van der Waals surface area contributed by atoms with Gasteiger partial charge in [0.15, 0.2) is 5.78 Å². The van der Waals surface area contributed by atoms with Gasteiger partial charge in [-0.1, -0.05) is 51.4 Å². The summed E-state index contributed by atoms with van der Waals surface area (Å²) in [5, 5.41) is 0.710. The molecule has 1 rings (SSSR count). The molecule has 0 radical (unpaired) electrons. The van der Waals surface area contributed by atoms with E-state index in [1.54, 1.807) is 0 Å². The number of rotatable bonds is 8. The van der Waals surface area contributed by atoms with Gasteiger partial charge in [0.05, 0.1) is 5.54 Å². The Morgan fingerprint density at radius 1 is 1.05 bits per heavy atom. The lowest BCUT2D eigenvalue weighted by Crippen LogP contribution is -2.54. The van der Waals surface area contributed by atoms with Crippen molar-refractivity contribution in [1.29, 1.82) is 0 Å². The Balaban J connectivity index is 2.96. The fourth-order valence-corrected chi connectivity index (χ4v) is 3.18. The predicted molar refractivity (Wildman–Crippen MR) is 86.4 cm³/mol. The minimum Gasteiger partial charge on any atom is -0.297 e. The maximum atomic E-state index is 12.9. The Morgan fingerprint density at radius 3 is 1.95 bits per heavy atom. The van der Waals surface area contributed by atoms with Crippen LogP contribution >= 0.6 is 11.6 Å². The van der Waals surface area contributed by atoms with E-state index in [0.717, 1.165) is 31.5 Å². The van der Waals surface area contributed by atoms with Crippen LogP contribution < -0.4 is 0 Å². The van der Waals surface area contributed by atoms with E-state index in [4.69, 9.17) is 11.6 Å². The molecule has 0 fully saturated rings. The van der Waals surface area contributed by atoms with Crippen LogP contribution in [0.2, 0.25) is 5.02 Å². The first kappa shape index (κ1) is 17.2. The fourth-order valence-electron chi connectivity index (χ4n) is 3.05. The van der Waals surface area contributed by atoms with Crippen molar-refractivity contribution in [2.75, 3.05) is 13.1 Å². The van der Waals surface area contributed by atoms with E-state index in [-0.39, 0.29) is 5.54 Å². The second kappa shape index (κ2) is 7.80. The van der Waals surface area contributed by atoms with Gasteiger partial charge in [0.25, 0.3) is 0 Å². The van der Waals surface area contributed by atoms with E-state index in [2.05, 4.69) is 32.6 Å². The fraction of sp³-hybridized carbons (Fsp3) is 0.588. The molecule has 0 aliphatic carbocycles. The minimum atomic E-state index is -0.330. The lowest BCUT2D eigenvalue weighted by molar-refractivity contribution is -0.131. The van der Waals surface area contributed by atoms with Gasteiger partial charge in [0.1, 0.15) is 0 Å². The molecule has 0 amide bonds. The number of halogens is 1. The third-order valence-corrected chi connectivity index (χ3v) is 4.59. The molecule has 0 N–H and O–H groups in total. The first-order chi connectivity index (χ1) is 9.53. The number of nitrogens with zero attached hydrogens (tertiary/aromatic N) is 1. The van der Waals surface area contributed by atoms with Gasteiger partial charge in [-0.15, -0.1) is 0 Å². The van der Waals surface area contributed by atoms with Crippen molar-refractivity contribution >= 4 is 17.4 Å². The second-order valence-corrected chi connectivity index (χ2v) is 5.57. The molecule has 0 atom stereocenters. The molecule has 0 unspecified atom stereocenters. The van der Waals surface area contributed by atoms with Gasteiger partial charge < -0.3 is 0 Å². The summed E-state index contributed by atoms with van der Waals surface area (Å²) in [5.74, 6) is 0.313. The van der Waals surface area contributed by atoms with Crippen LogP contribution in [-0.4, -0.2) is 29.3 Å². The summed E-state index contributed by atoms with van der Waals surface area (Å²) in [5.41, 5.74) is 0.709. The lowest BCUT2D eigenvalue weighted by atomic mass is 9.83. The maximum absolute atomic E-state index is 12.9. The van der Waals surface area contributed by atoms with Gasteiger partial charge in [-0.2, -0.15) is 0 Å². The Hall–Kier alpha value is -0.860. The number of carbonyl (C=O) groups excluding carboxylic acids is 1. The Bertz CT molecular complexity index is 419. The maximum Gasteiger partial charge on any atom is 0.157 e. The van der Waals surface area contributed by atoms with Crippen LogP contribution in [-0.2, 0) is 11.2 Å². The molecule has 0 heterocycles. The van der Waals surface area contributed by atoms with Crippen molar-refractivity contribution in [1.82, 2.24) is 4.90 Å². The molecule has 0 saturated carbocycles. The third-order valence-electron chi connectivity index (χ3n) is 4.34. The van der Waals surface area contributed by atoms with Gasteiger partial charge >= 0.3 is 0 Å². The van der Waals surface area contributed by atoms with E-state index in [0.29, 0.717) is 17.2 Å². The predicted octanol–water partition coefficient (Wildman–Crippen LogP) is 4.35. The highest BCUT2D eigenvalue weighted by Crippen LogP contribution is 2.27. The largest absolute Gasteiger partial charge is 0.297 e. The van der Waals surface area contributed by atoms with E-state index in [1.807, 2.05) is 24.3 Å². The molecular formula is C17H26ClNO. The second-order valence-electron chi connectivity index (χ2n) is 5.14. The van der Waals surface area contributed by atoms with E-state index < -0.39 is 0 Å². The first-order valence-electron chi connectivity index (χ1n) is 7.56. The lowest BCUT2D eigenvalue weighted by Gasteiger charge is -2.41. The van der Waals surface area contributed by atoms with Crippen molar-refractivity contribution < 1.29 is 4.79 Å². The Morgan fingerprint density at radius 2 is 1.55 bits per heavy atom. The normalized spacial score (nSPS) is 11.9.